The number of hydrogen-bond acceptors (Lipinski definition) is 2. The van der Waals surface area contributed by atoms with Crippen LogP contribution in [0.2, 0.25) is 0 Å². The van der Waals surface area contributed by atoms with Gasteiger partial charge in [0.1, 0.15) is 0 Å². The van der Waals surface area contributed by atoms with E-state index >= 15 is 0 Å². The summed E-state index contributed by atoms with van der Waals surface area (Å²) in [5, 5.41) is 2.77. The summed E-state index contributed by atoms with van der Waals surface area (Å²) >= 11 is 0. The van der Waals surface area contributed by atoms with Gasteiger partial charge < -0.3 is 16.0 Å². The fourth-order valence-corrected chi connectivity index (χ4v) is 2.77. The first-order valence-electron chi connectivity index (χ1n) is 7.65. The number of benzene rings is 1. The number of carbonyl (C=O) groups excluding carboxylic acids is 2. The van der Waals surface area contributed by atoms with Gasteiger partial charge in [-0.2, -0.15) is 0 Å². The predicted molar refractivity (Wildman–Crippen MR) is 81.4 cm³/mol. The smallest absolute Gasteiger partial charge is 0.317 e. The number of nitrogens with one attached hydrogen (secondary N) is 1. The topological polar surface area (TPSA) is 75.4 Å². The summed E-state index contributed by atoms with van der Waals surface area (Å²) < 4.78 is 26.2. The molecule has 126 valence electrons. The standard InChI is InChI=1S/C16H21F2N3O2/c1-10(12-2-3-13(17)14(18)9-12)20-16(23)21-6-4-11(5-7-21)8-15(19)22/h2-3,9-11H,4-8H2,1H3,(H2,19,22)(H,20,23). The van der Waals surface area contributed by atoms with E-state index in [1.807, 2.05) is 0 Å². The molecule has 0 spiro atoms. The molecular formula is C16H21F2N3O2. The Balaban J connectivity index is 1.87. The van der Waals surface area contributed by atoms with Crippen molar-refractivity contribution in [2.45, 2.75) is 32.2 Å². The molecule has 3 amide bonds. The Bertz CT molecular complexity index is 587. The molecule has 7 heteroatoms. The first-order valence-corrected chi connectivity index (χ1v) is 7.65. The zero-order valence-electron chi connectivity index (χ0n) is 13.0. The monoisotopic (exact) mass is 325 g/mol. The molecule has 0 saturated carbocycles. The Morgan fingerprint density at radius 2 is 1.96 bits per heavy atom. The summed E-state index contributed by atoms with van der Waals surface area (Å²) in [7, 11) is 0. The van der Waals surface area contributed by atoms with Crippen LogP contribution in [0.25, 0.3) is 0 Å². The number of piperidine rings is 1. The highest BCUT2D eigenvalue weighted by Crippen LogP contribution is 2.21. The number of primary amides is 1. The molecule has 1 aliphatic heterocycles. The lowest BCUT2D eigenvalue weighted by atomic mass is 9.93. The second-order valence-corrected chi connectivity index (χ2v) is 5.95. The third-order valence-corrected chi connectivity index (χ3v) is 4.18. The first-order chi connectivity index (χ1) is 10.9. The summed E-state index contributed by atoms with van der Waals surface area (Å²) in [4.78, 5) is 24.8. The molecule has 2 rings (SSSR count). The number of amides is 3. The molecule has 0 bridgehead atoms. The Morgan fingerprint density at radius 3 is 2.52 bits per heavy atom. The maximum absolute atomic E-state index is 13.2. The lowest BCUT2D eigenvalue weighted by molar-refractivity contribution is -0.119. The van der Waals surface area contributed by atoms with Crippen LogP contribution in [0.4, 0.5) is 13.6 Å². The Labute approximate surface area is 133 Å². The van der Waals surface area contributed by atoms with Crippen molar-refractivity contribution in [3.8, 4) is 0 Å². The molecule has 1 heterocycles. The fraction of sp³-hybridized carbons (Fsp3) is 0.500. The summed E-state index contributed by atoms with van der Waals surface area (Å²) in [6, 6.07) is 2.89. The molecular weight excluding hydrogens is 304 g/mol. The van der Waals surface area contributed by atoms with Gasteiger partial charge in [-0.3, -0.25) is 4.79 Å². The van der Waals surface area contributed by atoms with E-state index in [1.54, 1.807) is 11.8 Å². The number of hydrogen-bond donors (Lipinski definition) is 2. The number of rotatable bonds is 4. The molecule has 1 aliphatic rings. The average molecular weight is 325 g/mol. The Hall–Kier alpha value is -2.18. The summed E-state index contributed by atoms with van der Waals surface area (Å²) in [6.45, 7) is 2.81. The molecule has 1 aromatic carbocycles. The third kappa shape index (κ3) is 4.64. The third-order valence-electron chi connectivity index (χ3n) is 4.18. The van der Waals surface area contributed by atoms with Crippen LogP contribution in [-0.2, 0) is 4.79 Å². The maximum atomic E-state index is 13.2. The Kier molecular flexibility index (Phi) is 5.52. The van der Waals surface area contributed by atoms with E-state index in [9.17, 15) is 18.4 Å². The van der Waals surface area contributed by atoms with E-state index in [-0.39, 0.29) is 17.9 Å². The fourth-order valence-electron chi connectivity index (χ4n) is 2.77. The van der Waals surface area contributed by atoms with Gasteiger partial charge in [0.2, 0.25) is 5.91 Å². The normalized spacial score (nSPS) is 16.9. The summed E-state index contributed by atoms with van der Waals surface area (Å²) in [5.41, 5.74) is 5.68. The van der Waals surface area contributed by atoms with Gasteiger partial charge in [-0.1, -0.05) is 6.07 Å². The van der Waals surface area contributed by atoms with Crippen LogP contribution in [0.15, 0.2) is 18.2 Å². The molecule has 3 N–H and O–H groups in total. The molecule has 0 aliphatic carbocycles. The first kappa shape index (κ1) is 17.2. The van der Waals surface area contributed by atoms with Gasteiger partial charge in [0, 0.05) is 19.5 Å². The van der Waals surface area contributed by atoms with Crippen molar-refractivity contribution < 1.29 is 18.4 Å². The quantitative estimate of drug-likeness (QED) is 0.891. The van der Waals surface area contributed by atoms with Crippen molar-refractivity contribution in [2.24, 2.45) is 11.7 Å². The largest absolute Gasteiger partial charge is 0.370 e. The molecule has 1 saturated heterocycles. The molecule has 0 aromatic heterocycles. The number of nitrogens with two attached hydrogens (primary N) is 1. The van der Waals surface area contributed by atoms with Crippen molar-refractivity contribution in [2.75, 3.05) is 13.1 Å². The number of carbonyl (C=O) groups is 2. The summed E-state index contributed by atoms with van der Waals surface area (Å²) in [6.07, 6.45) is 1.81. The van der Waals surface area contributed by atoms with Gasteiger partial charge in [-0.15, -0.1) is 0 Å². The minimum Gasteiger partial charge on any atom is -0.370 e. The van der Waals surface area contributed by atoms with Crippen molar-refractivity contribution in [1.82, 2.24) is 10.2 Å². The lowest BCUT2D eigenvalue weighted by Crippen LogP contribution is -2.45. The Morgan fingerprint density at radius 1 is 1.30 bits per heavy atom. The molecule has 1 aromatic rings. The highest BCUT2D eigenvalue weighted by Gasteiger charge is 2.24. The number of urea groups is 1. The van der Waals surface area contributed by atoms with E-state index in [1.165, 1.54) is 6.07 Å². The maximum Gasteiger partial charge on any atom is 0.317 e. The van der Waals surface area contributed by atoms with E-state index < -0.39 is 17.7 Å². The van der Waals surface area contributed by atoms with Gasteiger partial charge in [0.15, 0.2) is 11.6 Å². The van der Waals surface area contributed by atoms with Crippen LogP contribution in [0.1, 0.15) is 37.8 Å². The van der Waals surface area contributed by atoms with Crippen molar-refractivity contribution in [1.29, 1.82) is 0 Å². The molecule has 1 unspecified atom stereocenters. The second-order valence-electron chi connectivity index (χ2n) is 5.95. The van der Waals surface area contributed by atoms with Crippen molar-refractivity contribution in [3.05, 3.63) is 35.4 Å². The minimum atomic E-state index is -0.934. The number of halogens is 2. The van der Waals surface area contributed by atoms with Gasteiger partial charge in [-0.25, -0.2) is 13.6 Å². The van der Waals surface area contributed by atoms with Gasteiger partial charge in [0.05, 0.1) is 6.04 Å². The van der Waals surface area contributed by atoms with Crippen LogP contribution < -0.4 is 11.1 Å². The zero-order chi connectivity index (χ0) is 17.0. The van der Waals surface area contributed by atoms with E-state index in [2.05, 4.69) is 5.32 Å². The lowest BCUT2D eigenvalue weighted by Gasteiger charge is -2.32. The zero-order valence-corrected chi connectivity index (χ0v) is 13.0. The average Bonchev–Trinajstić information content (AvgIpc) is 2.50. The van der Waals surface area contributed by atoms with Gasteiger partial charge in [0.25, 0.3) is 0 Å². The van der Waals surface area contributed by atoms with Crippen LogP contribution >= 0.6 is 0 Å². The van der Waals surface area contributed by atoms with Crippen LogP contribution in [0, 0.1) is 17.6 Å². The van der Waals surface area contributed by atoms with E-state index in [0.29, 0.717) is 25.1 Å². The second kappa shape index (κ2) is 7.39. The minimum absolute atomic E-state index is 0.222. The number of likely N-dealkylation sites (tertiary alicyclic amines) is 1. The molecule has 23 heavy (non-hydrogen) atoms. The molecule has 0 radical (unpaired) electrons. The molecule has 1 atom stereocenters. The van der Waals surface area contributed by atoms with Crippen LogP contribution in [0.5, 0.6) is 0 Å². The van der Waals surface area contributed by atoms with Crippen molar-refractivity contribution >= 4 is 11.9 Å². The number of nitrogens with zero attached hydrogens (tertiary/aromatic N) is 1. The van der Waals surface area contributed by atoms with E-state index in [4.69, 9.17) is 5.73 Å². The molecule has 5 nitrogen and oxygen atoms in total. The summed E-state index contributed by atoms with van der Waals surface area (Å²) in [5.74, 6) is -1.94. The van der Waals surface area contributed by atoms with E-state index in [0.717, 1.165) is 25.0 Å². The van der Waals surface area contributed by atoms with Crippen LogP contribution in [0.3, 0.4) is 0 Å². The highest BCUT2D eigenvalue weighted by molar-refractivity contribution is 5.75. The van der Waals surface area contributed by atoms with Gasteiger partial charge >= 0.3 is 6.03 Å². The SMILES string of the molecule is CC(NC(=O)N1CCC(CC(N)=O)CC1)c1ccc(F)c(F)c1. The highest BCUT2D eigenvalue weighted by atomic mass is 19.2. The van der Waals surface area contributed by atoms with Crippen molar-refractivity contribution in [3.63, 3.8) is 0 Å². The predicted octanol–water partition coefficient (Wildman–Crippen LogP) is 2.32. The van der Waals surface area contributed by atoms with Gasteiger partial charge in [-0.05, 0) is 43.4 Å². The molecule has 1 fully saturated rings. The van der Waals surface area contributed by atoms with Crippen LogP contribution in [-0.4, -0.2) is 29.9 Å².